The molecule has 0 saturated carbocycles. The fourth-order valence-corrected chi connectivity index (χ4v) is 4.58. The molecule has 7 heteroatoms. The third kappa shape index (κ3) is 4.64. The van der Waals surface area contributed by atoms with E-state index in [1.807, 2.05) is 0 Å². The van der Waals surface area contributed by atoms with Crippen molar-refractivity contribution >= 4 is 33.2 Å². The molecule has 2 rings (SSSR count). The summed E-state index contributed by atoms with van der Waals surface area (Å²) in [5.74, 6) is -0.0601. The van der Waals surface area contributed by atoms with Crippen LogP contribution in [-0.2, 0) is 20.0 Å². The topological polar surface area (TPSA) is 76.1 Å². The van der Waals surface area contributed by atoms with Crippen LogP contribution in [-0.4, -0.2) is 36.9 Å². The first-order valence-electron chi connectivity index (χ1n) is 6.81. The van der Waals surface area contributed by atoms with E-state index >= 15 is 0 Å². The highest BCUT2D eigenvalue weighted by molar-refractivity contribution is 7.91. The number of thiazole rings is 1. The van der Waals surface area contributed by atoms with Crippen LogP contribution in [0.2, 0.25) is 0 Å². The van der Waals surface area contributed by atoms with Crippen molar-refractivity contribution in [3.63, 3.8) is 0 Å². The van der Waals surface area contributed by atoms with Gasteiger partial charge in [-0.05, 0) is 12.5 Å². The molecule has 1 saturated heterocycles. The average molecular weight is 328 g/mol. The maximum absolute atomic E-state index is 11.8. The van der Waals surface area contributed by atoms with Crippen molar-refractivity contribution in [1.29, 1.82) is 0 Å². The average Bonchev–Trinajstić information content (AvgIpc) is 2.93. The molecule has 1 N–H and O–H groups in total. The van der Waals surface area contributed by atoms with Gasteiger partial charge in [-0.1, -0.05) is 20.8 Å². The third-order valence-electron chi connectivity index (χ3n) is 3.14. The van der Waals surface area contributed by atoms with E-state index in [-0.39, 0.29) is 28.9 Å². The molecule has 5 nitrogen and oxygen atoms in total. The minimum Gasteiger partial charge on any atom is -0.349 e. The molecule has 0 bridgehead atoms. The van der Waals surface area contributed by atoms with Crippen LogP contribution in [0.4, 0.5) is 0 Å². The molecule has 1 amide bonds. The standard InChI is InChI=1S/C14H20N2O3S2/c1-14(2,3)13-15-8-11(20-13)4-5-12(17)16-10-6-7-21(18,19)9-10/h4-5,8,10H,6-7,9H2,1-3H3,(H,16,17)/b5-4-/t10-/m0/s1. The first kappa shape index (κ1) is 16.2. The Morgan fingerprint density at radius 2 is 2.19 bits per heavy atom. The lowest BCUT2D eigenvalue weighted by molar-refractivity contribution is -0.116. The van der Waals surface area contributed by atoms with E-state index in [0.29, 0.717) is 6.42 Å². The fraction of sp³-hybridized carbons (Fsp3) is 0.571. The van der Waals surface area contributed by atoms with E-state index in [4.69, 9.17) is 0 Å². The number of hydrogen-bond donors (Lipinski definition) is 1. The van der Waals surface area contributed by atoms with Crippen molar-refractivity contribution in [2.45, 2.75) is 38.6 Å². The summed E-state index contributed by atoms with van der Waals surface area (Å²) in [6.45, 7) is 6.27. The molecule has 0 spiro atoms. The van der Waals surface area contributed by atoms with Crippen molar-refractivity contribution in [3.05, 3.63) is 22.2 Å². The van der Waals surface area contributed by atoms with Gasteiger partial charge in [0.05, 0.1) is 16.5 Å². The van der Waals surface area contributed by atoms with Crippen LogP contribution in [0.1, 0.15) is 37.1 Å². The summed E-state index contributed by atoms with van der Waals surface area (Å²) in [5, 5.41) is 3.74. The number of rotatable bonds is 3. The van der Waals surface area contributed by atoms with E-state index in [0.717, 1.165) is 9.88 Å². The van der Waals surface area contributed by atoms with Crippen LogP contribution in [0.3, 0.4) is 0 Å². The van der Waals surface area contributed by atoms with E-state index in [1.54, 1.807) is 23.6 Å². The Balaban J connectivity index is 1.92. The normalized spacial score (nSPS) is 21.8. The molecule has 0 aliphatic carbocycles. The zero-order chi connectivity index (χ0) is 15.7. The zero-order valence-electron chi connectivity index (χ0n) is 12.4. The summed E-state index contributed by atoms with van der Waals surface area (Å²) in [5.41, 5.74) is -0.00276. The predicted molar refractivity (Wildman–Crippen MR) is 85.0 cm³/mol. The molecule has 21 heavy (non-hydrogen) atoms. The monoisotopic (exact) mass is 328 g/mol. The smallest absolute Gasteiger partial charge is 0.244 e. The Kier molecular flexibility index (Phi) is 4.53. The molecule has 1 aliphatic heterocycles. The Labute approximate surface area is 129 Å². The van der Waals surface area contributed by atoms with E-state index in [9.17, 15) is 13.2 Å². The first-order chi connectivity index (χ1) is 9.66. The van der Waals surface area contributed by atoms with E-state index < -0.39 is 9.84 Å². The molecule has 2 heterocycles. The Morgan fingerprint density at radius 3 is 2.71 bits per heavy atom. The summed E-state index contributed by atoms with van der Waals surface area (Å²) in [6.07, 6.45) is 5.39. The molecular weight excluding hydrogens is 308 g/mol. The van der Waals surface area contributed by atoms with Crippen molar-refractivity contribution in [2.24, 2.45) is 0 Å². The lowest BCUT2D eigenvalue weighted by atomic mass is 9.98. The summed E-state index contributed by atoms with van der Waals surface area (Å²) in [4.78, 5) is 17.0. The summed E-state index contributed by atoms with van der Waals surface area (Å²) >= 11 is 1.55. The van der Waals surface area contributed by atoms with Crippen LogP contribution in [0.5, 0.6) is 0 Å². The summed E-state index contributed by atoms with van der Waals surface area (Å²) in [7, 11) is -2.97. The second-order valence-electron chi connectivity index (χ2n) is 6.26. The Morgan fingerprint density at radius 1 is 1.48 bits per heavy atom. The molecule has 0 aromatic carbocycles. The Hall–Kier alpha value is -1.21. The fourth-order valence-electron chi connectivity index (χ4n) is 2.03. The number of hydrogen-bond acceptors (Lipinski definition) is 5. The second-order valence-corrected chi connectivity index (χ2v) is 9.55. The van der Waals surface area contributed by atoms with Crippen LogP contribution in [0, 0.1) is 0 Å². The molecule has 1 aliphatic rings. The lowest BCUT2D eigenvalue weighted by Gasteiger charge is -2.13. The molecule has 116 valence electrons. The van der Waals surface area contributed by atoms with Gasteiger partial charge in [0.1, 0.15) is 0 Å². The second kappa shape index (κ2) is 5.88. The van der Waals surface area contributed by atoms with Crippen molar-refractivity contribution < 1.29 is 13.2 Å². The van der Waals surface area contributed by atoms with Crippen molar-refractivity contribution in [3.8, 4) is 0 Å². The first-order valence-corrected chi connectivity index (χ1v) is 9.45. The minimum absolute atomic E-state index is 0.00276. The van der Waals surface area contributed by atoms with Crippen LogP contribution in [0.15, 0.2) is 12.3 Å². The van der Waals surface area contributed by atoms with Crippen LogP contribution >= 0.6 is 11.3 Å². The minimum atomic E-state index is -2.97. The van der Waals surface area contributed by atoms with Crippen LogP contribution < -0.4 is 5.32 Å². The Bertz CT molecular complexity index is 654. The van der Waals surface area contributed by atoms with Crippen molar-refractivity contribution in [2.75, 3.05) is 11.5 Å². The summed E-state index contributed by atoms with van der Waals surface area (Å²) < 4.78 is 22.6. The number of amides is 1. The van der Waals surface area contributed by atoms with Gasteiger partial charge in [0.25, 0.3) is 0 Å². The van der Waals surface area contributed by atoms with Gasteiger partial charge in [0, 0.05) is 28.6 Å². The zero-order valence-corrected chi connectivity index (χ0v) is 14.1. The largest absolute Gasteiger partial charge is 0.349 e. The SMILES string of the molecule is CC(C)(C)c1ncc(/C=C\C(=O)N[C@H]2CCS(=O)(=O)C2)s1. The van der Waals surface area contributed by atoms with Gasteiger partial charge in [-0.2, -0.15) is 0 Å². The molecule has 1 aromatic rings. The molecule has 0 radical (unpaired) electrons. The highest BCUT2D eigenvalue weighted by Crippen LogP contribution is 2.27. The van der Waals surface area contributed by atoms with Gasteiger partial charge in [0.2, 0.25) is 5.91 Å². The highest BCUT2D eigenvalue weighted by atomic mass is 32.2. The van der Waals surface area contributed by atoms with E-state index in [1.165, 1.54) is 6.08 Å². The maximum Gasteiger partial charge on any atom is 0.244 e. The van der Waals surface area contributed by atoms with Crippen LogP contribution in [0.25, 0.3) is 6.08 Å². The predicted octanol–water partition coefficient (Wildman–Crippen LogP) is 1.76. The van der Waals surface area contributed by atoms with Crippen molar-refractivity contribution in [1.82, 2.24) is 10.3 Å². The van der Waals surface area contributed by atoms with Gasteiger partial charge in [-0.15, -0.1) is 11.3 Å². The number of carbonyl (C=O) groups excluding carboxylic acids is 1. The number of sulfone groups is 1. The quantitative estimate of drug-likeness (QED) is 0.858. The molecular formula is C14H20N2O3S2. The van der Waals surface area contributed by atoms with Gasteiger partial charge in [0.15, 0.2) is 9.84 Å². The number of nitrogens with one attached hydrogen (secondary N) is 1. The third-order valence-corrected chi connectivity index (χ3v) is 6.30. The maximum atomic E-state index is 11.8. The van der Waals surface area contributed by atoms with Gasteiger partial charge in [-0.3, -0.25) is 4.79 Å². The number of carbonyl (C=O) groups is 1. The van der Waals surface area contributed by atoms with Gasteiger partial charge >= 0.3 is 0 Å². The highest BCUT2D eigenvalue weighted by Gasteiger charge is 2.28. The molecule has 1 aromatic heterocycles. The number of aromatic nitrogens is 1. The number of nitrogens with zero attached hydrogens (tertiary/aromatic N) is 1. The molecule has 1 atom stereocenters. The van der Waals surface area contributed by atoms with Gasteiger partial charge in [-0.25, -0.2) is 13.4 Å². The lowest BCUT2D eigenvalue weighted by Crippen LogP contribution is -2.34. The van der Waals surface area contributed by atoms with E-state index in [2.05, 4.69) is 31.1 Å². The molecule has 1 fully saturated rings. The van der Waals surface area contributed by atoms with Gasteiger partial charge < -0.3 is 5.32 Å². The molecule has 0 unspecified atom stereocenters. The summed E-state index contributed by atoms with van der Waals surface area (Å²) in [6, 6.07) is -0.265.